The van der Waals surface area contributed by atoms with Gasteiger partial charge in [-0.15, -0.1) is 0 Å². The lowest BCUT2D eigenvalue weighted by Crippen LogP contribution is -2.53. The Balaban J connectivity index is 1.84. The third kappa shape index (κ3) is 4.09. The van der Waals surface area contributed by atoms with E-state index in [1.807, 2.05) is 0 Å². The third-order valence-electron chi connectivity index (χ3n) is 4.98. The molecule has 0 saturated carbocycles. The van der Waals surface area contributed by atoms with Crippen LogP contribution in [0.25, 0.3) is 0 Å². The number of hydrogen-bond donors (Lipinski definition) is 2. The fourth-order valence-corrected chi connectivity index (χ4v) is 3.94. The zero-order valence-corrected chi connectivity index (χ0v) is 16.2. The van der Waals surface area contributed by atoms with Crippen LogP contribution in [0.2, 0.25) is 0 Å². The molecule has 1 atom stereocenters. The number of rotatable bonds is 2. The Hall–Kier alpha value is -2.51. The van der Waals surface area contributed by atoms with Crippen molar-refractivity contribution in [2.45, 2.75) is 64.5 Å². The molecule has 0 spiro atoms. The molecule has 1 unspecified atom stereocenters. The molecule has 1 aliphatic heterocycles. The van der Waals surface area contributed by atoms with Gasteiger partial charge in [0.2, 0.25) is 0 Å². The maximum Gasteiger partial charge on any atom is 0.420 e. The average molecular weight is 376 g/mol. The number of nitrogens with two attached hydrogens (primary N) is 1. The first kappa shape index (κ1) is 19.3. The highest BCUT2D eigenvalue weighted by atomic mass is 16.6. The lowest BCUT2D eigenvalue weighted by molar-refractivity contribution is 0.0178. The van der Waals surface area contributed by atoms with E-state index >= 15 is 0 Å². The Morgan fingerprint density at radius 3 is 2.74 bits per heavy atom. The van der Waals surface area contributed by atoms with E-state index in [0.717, 1.165) is 54.1 Å². The van der Waals surface area contributed by atoms with E-state index in [1.54, 1.807) is 27.0 Å². The molecule has 3 N–H and O–H groups in total. The molecular weight excluding hydrogens is 348 g/mol. The summed E-state index contributed by atoms with van der Waals surface area (Å²) in [6, 6.07) is -0.476. The van der Waals surface area contributed by atoms with Gasteiger partial charge in [-0.05, 0) is 58.4 Å². The van der Waals surface area contributed by atoms with Gasteiger partial charge in [-0.3, -0.25) is 4.98 Å². The van der Waals surface area contributed by atoms with E-state index in [0.29, 0.717) is 18.7 Å². The van der Waals surface area contributed by atoms with Crippen LogP contribution in [0, 0.1) is 0 Å². The minimum absolute atomic E-state index is 0.409. The summed E-state index contributed by atoms with van der Waals surface area (Å²) in [6.07, 6.45) is 3.88. The Morgan fingerprint density at radius 1 is 1.33 bits per heavy atom. The molecule has 0 radical (unpaired) electrons. The van der Waals surface area contributed by atoms with Crippen LogP contribution in [0.1, 0.15) is 51.3 Å². The standard InChI is InChI=1S/C19H28N4O4/c1-19(2,3)27-18(26)23(17(24)25)12-6-5-9-22(11-12)16-13-7-4-8-15(13)21-10-14(16)20/h10,12H,4-9,11,20H2,1-3H3,(H,24,25). The zero-order valence-electron chi connectivity index (χ0n) is 16.2. The number of ether oxygens (including phenoxy) is 1. The van der Waals surface area contributed by atoms with Crippen molar-refractivity contribution in [3.63, 3.8) is 0 Å². The SMILES string of the molecule is CC(C)(C)OC(=O)N(C(=O)O)C1CCCN(c2c(N)cnc3c2CCC3)C1. The monoisotopic (exact) mass is 376 g/mol. The predicted molar refractivity (Wildman–Crippen MR) is 102 cm³/mol. The largest absolute Gasteiger partial charge is 0.465 e. The van der Waals surface area contributed by atoms with E-state index in [4.69, 9.17) is 10.5 Å². The number of anilines is 2. The molecule has 1 fully saturated rings. The van der Waals surface area contributed by atoms with Crippen LogP contribution < -0.4 is 10.6 Å². The molecule has 0 aromatic carbocycles. The quantitative estimate of drug-likeness (QED) is 0.816. The normalized spacial score (nSPS) is 19.5. The number of carbonyl (C=O) groups excluding carboxylic acids is 1. The summed E-state index contributed by atoms with van der Waals surface area (Å²) in [5.41, 5.74) is 9.27. The second-order valence-corrected chi connectivity index (χ2v) is 8.22. The van der Waals surface area contributed by atoms with Crippen molar-refractivity contribution in [1.82, 2.24) is 9.88 Å². The van der Waals surface area contributed by atoms with E-state index in [-0.39, 0.29) is 0 Å². The van der Waals surface area contributed by atoms with Crippen LogP contribution in [-0.4, -0.2) is 51.9 Å². The number of imide groups is 1. The average Bonchev–Trinajstić information content (AvgIpc) is 3.01. The van der Waals surface area contributed by atoms with Gasteiger partial charge < -0.3 is 20.5 Å². The highest BCUT2D eigenvalue weighted by Gasteiger charge is 2.37. The molecule has 1 aromatic rings. The topological polar surface area (TPSA) is 109 Å². The number of carbonyl (C=O) groups is 2. The highest BCUT2D eigenvalue weighted by Crippen LogP contribution is 2.36. The van der Waals surface area contributed by atoms with Crippen molar-refractivity contribution in [2.75, 3.05) is 23.7 Å². The van der Waals surface area contributed by atoms with Crippen LogP contribution in [0.15, 0.2) is 6.20 Å². The van der Waals surface area contributed by atoms with Crippen LogP contribution in [0.4, 0.5) is 21.0 Å². The second kappa shape index (κ2) is 7.25. The molecule has 148 valence electrons. The predicted octanol–water partition coefficient (Wildman–Crippen LogP) is 3.04. The second-order valence-electron chi connectivity index (χ2n) is 8.22. The number of aromatic nitrogens is 1. The molecule has 1 aromatic heterocycles. The van der Waals surface area contributed by atoms with Gasteiger partial charge >= 0.3 is 12.2 Å². The van der Waals surface area contributed by atoms with E-state index in [9.17, 15) is 14.7 Å². The molecule has 2 aliphatic rings. The van der Waals surface area contributed by atoms with E-state index in [1.165, 1.54) is 0 Å². The summed E-state index contributed by atoms with van der Waals surface area (Å²) < 4.78 is 5.31. The maximum atomic E-state index is 12.5. The highest BCUT2D eigenvalue weighted by molar-refractivity contribution is 5.87. The van der Waals surface area contributed by atoms with Crippen LogP contribution in [0.5, 0.6) is 0 Å². The molecule has 1 aliphatic carbocycles. The van der Waals surface area contributed by atoms with Crippen molar-refractivity contribution < 1.29 is 19.4 Å². The first-order valence-electron chi connectivity index (χ1n) is 9.43. The molecule has 2 amide bonds. The summed E-state index contributed by atoms with van der Waals surface area (Å²) >= 11 is 0. The molecule has 2 heterocycles. The molecule has 1 saturated heterocycles. The van der Waals surface area contributed by atoms with Gasteiger partial charge in [0.05, 0.1) is 23.6 Å². The molecule has 3 rings (SSSR count). The lowest BCUT2D eigenvalue weighted by Gasteiger charge is -2.39. The zero-order chi connectivity index (χ0) is 19.8. The fraction of sp³-hybridized carbons (Fsp3) is 0.632. The summed E-state index contributed by atoms with van der Waals surface area (Å²) in [4.78, 5) is 31.6. The number of carboxylic acid groups (broad SMARTS) is 1. The van der Waals surface area contributed by atoms with Gasteiger partial charge in [0.15, 0.2) is 0 Å². The first-order chi connectivity index (χ1) is 12.7. The van der Waals surface area contributed by atoms with Crippen molar-refractivity contribution in [1.29, 1.82) is 0 Å². The number of nitrogens with zero attached hydrogens (tertiary/aromatic N) is 3. The number of aryl methyl sites for hydroxylation is 1. The Kier molecular flexibility index (Phi) is 5.17. The van der Waals surface area contributed by atoms with Gasteiger partial charge in [-0.25, -0.2) is 14.5 Å². The molecule has 8 nitrogen and oxygen atoms in total. The minimum Gasteiger partial charge on any atom is -0.465 e. The molecular formula is C19H28N4O4. The minimum atomic E-state index is -1.29. The number of hydrogen-bond acceptors (Lipinski definition) is 6. The first-order valence-corrected chi connectivity index (χ1v) is 9.43. The number of piperidine rings is 1. The summed E-state index contributed by atoms with van der Waals surface area (Å²) in [7, 11) is 0. The van der Waals surface area contributed by atoms with E-state index in [2.05, 4.69) is 9.88 Å². The van der Waals surface area contributed by atoms with Crippen LogP contribution in [-0.2, 0) is 17.6 Å². The van der Waals surface area contributed by atoms with Gasteiger partial charge in [0.25, 0.3) is 0 Å². The molecule has 0 bridgehead atoms. The number of fused-ring (bicyclic) bond motifs is 1. The number of amides is 2. The molecule has 27 heavy (non-hydrogen) atoms. The smallest absolute Gasteiger partial charge is 0.420 e. The molecule has 8 heteroatoms. The van der Waals surface area contributed by atoms with Crippen molar-refractivity contribution >= 4 is 23.6 Å². The van der Waals surface area contributed by atoms with E-state index < -0.39 is 23.8 Å². The van der Waals surface area contributed by atoms with Gasteiger partial charge in [0, 0.05) is 18.8 Å². The van der Waals surface area contributed by atoms with Gasteiger partial charge in [-0.2, -0.15) is 0 Å². The van der Waals surface area contributed by atoms with Gasteiger partial charge in [0.1, 0.15) is 5.60 Å². The third-order valence-corrected chi connectivity index (χ3v) is 4.98. The van der Waals surface area contributed by atoms with Crippen molar-refractivity contribution in [3.05, 3.63) is 17.5 Å². The van der Waals surface area contributed by atoms with Crippen LogP contribution in [0.3, 0.4) is 0 Å². The van der Waals surface area contributed by atoms with Crippen molar-refractivity contribution in [2.24, 2.45) is 0 Å². The summed E-state index contributed by atoms with van der Waals surface area (Å²) in [6.45, 7) is 6.35. The van der Waals surface area contributed by atoms with Crippen molar-refractivity contribution in [3.8, 4) is 0 Å². The number of nitrogen functional groups attached to an aromatic ring is 1. The Morgan fingerprint density at radius 2 is 2.07 bits per heavy atom. The number of pyridine rings is 1. The van der Waals surface area contributed by atoms with Gasteiger partial charge in [-0.1, -0.05) is 0 Å². The Bertz CT molecular complexity index is 744. The lowest BCUT2D eigenvalue weighted by atomic mass is 10.0. The summed E-state index contributed by atoms with van der Waals surface area (Å²) in [5, 5.41) is 9.63. The maximum absolute atomic E-state index is 12.5. The Labute approximate surface area is 159 Å². The fourth-order valence-electron chi connectivity index (χ4n) is 3.94. The summed E-state index contributed by atoms with van der Waals surface area (Å²) in [5.74, 6) is 0. The van der Waals surface area contributed by atoms with Crippen LogP contribution >= 0.6 is 0 Å².